The fourth-order valence-electron chi connectivity index (χ4n) is 3.35. The van der Waals surface area contributed by atoms with Crippen molar-refractivity contribution in [1.29, 1.82) is 0 Å². The summed E-state index contributed by atoms with van der Waals surface area (Å²) in [6.07, 6.45) is -3.12. The molecule has 0 N–H and O–H groups in total. The molecule has 0 bridgehead atoms. The van der Waals surface area contributed by atoms with Gasteiger partial charge >= 0.3 is 12.1 Å². The molecular formula is C20H24F3NO4. The molecular weight excluding hydrogens is 375 g/mol. The summed E-state index contributed by atoms with van der Waals surface area (Å²) in [5.41, 5.74) is -0.206. The lowest BCUT2D eigenvalue weighted by atomic mass is 9.84. The first-order valence-electron chi connectivity index (χ1n) is 9.32. The number of ether oxygens (including phenoxy) is 1. The zero-order valence-corrected chi connectivity index (χ0v) is 15.9. The van der Waals surface area contributed by atoms with E-state index in [2.05, 4.69) is 0 Å². The van der Waals surface area contributed by atoms with Crippen LogP contribution >= 0.6 is 0 Å². The first kappa shape index (κ1) is 21.9. The Kier molecular flexibility index (Phi) is 7.21. The van der Waals surface area contributed by atoms with Gasteiger partial charge in [0.05, 0.1) is 18.1 Å². The van der Waals surface area contributed by atoms with Crippen LogP contribution in [0.15, 0.2) is 24.3 Å². The van der Waals surface area contributed by atoms with Crippen molar-refractivity contribution in [1.82, 2.24) is 4.90 Å². The second kappa shape index (κ2) is 9.21. The van der Waals surface area contributed by atoms with E-state index in [1.54, 1.807) is 13.8 Å². The van der Waals surface area contributed by atoms with Crippen molar-refractivity contribution in [2.75, 3.05) is 13.2 Å². The lowest BCUT2D eigenvalue weighted by Crippen LogP contribution is -2.42. The summed E-state index contributed by atoms with van der Waals surface area (Å²) >= 11 is 0. The molecule has 1 saturated heterocycles. The highest BCUT2D eigenvalue weighted by Gasteiger charge is 2.33. The fraction of sp³-hybridized carbons (Fsp3) is 0.550. The van der Waals surface area contributed by atoms with E-state index < -0.39 is 29.5 Å². The van der Waals surface area contributed by atoms with E-state index in [1.807, 2.05) is 0 Å². The average Bonchev–Trinajstić information content (AvgIpc) is 2.63. The van der Waals surface area contributed by atoms with Crippen molar-refractivity contribution in [3.05, 3.63) is 35.4 Å². The highest BCUT2D eigenvalue weighted by Crippen LogP contribution is 2.33. The average molecular weight is 399 g/mol. The van der Waals surface area contributed by atoms with Gasteiger partial charge in [-0.2, -0.15) is 13.2 Å². The van der Waals surface area contributed by atoms with E-state index in [4.69, 9.17) is 4.74 Å². The highest BCUT2D eigenvalue weighted by molar-refractivity contribution is 5.97. The van der Waals surface area contributed by atoms with E-state index in [9.17, 15) is 27.6 Å². The number of carbonyl (C=O) groups is 3. The van der Waals surface area contributed by atoms with Crippen molar-refractivity contribution >= 4 is 17.8 Å². The molecule has 8 heteroatoms. The minimum Gasteiger partial charge on any atom is -0.466 e. The van der Waals surface area contributed by atoms with Gasteiger partial charge in [-0.15, -0.1) is 0 Å². The van der Waals surface area contributed by atoms with Crippen LogP contribution in [0.3, 0.4) is 0 Å². The SMILES string of the molecule is CCOC(=O)C(CCN1C(=O)CCCC1=O)C(C)c1ccc(C(F)(F)F)cc1. The minimum atomic E-state index is -4.43. The monoisotopic (exact) mass is 399 g/mol. The summed E-state index contributed by atoms with van der Waals surface area (Å²) in [6, 6.07) is 4.64. The molecule has 1 aliphatic rings. The summed E-state index contributed by atoms with van der Waals surface area (Å²) in [5.74, 6) is -2.13. The maximum absolute atomic E-state index is 12.8. The second-order valence-corrected chi connectivity index (χ2v) is 6.85. The summed E-state index contributed by atoms with van der Waals surface area (Å²) in [4.78, 5) is 37.5. The Balaban J connectivity index is 2.16. The van der Waals surface area contributed by atoms with Crippen LogP contribution in [0.1, 0.15) is 56.6 Å². The van der Waals surface area contributed by atoms with Crippen LogP contribution in [-0.2, 0) is 25.3 Å². The molecule has 2 rings (SSSR count). The third-order valence-electron chi connectivity index (χ3n) is 5.00. The molecule has 5 nitrogen and oxygen atoms in total. The van der Waals surface area contributed by atoms with Gasteiger partial charge in [0.1, 0.15) is 0 Å². The summed E-state index contributed by atoms with van der Waals surface area (Å²) in [7, 11) is 0. The topological polar surface area (TPSA) is 63.7 Å². The van der Waals surface area contributed by atoms with Crippen LogP contribution < -0.4 is 0 Å². The Bertz CT molecular complexity index is 699. The van der Waals surface area contributed by atoms with Crippen LogP contribution in [0.4, 0.5) is 13.2 Å². The molecule has 154 valence electrons. The van der Waals surface area contributed by atoms with Gasteiger partial charge in [-0.1, -0.05) is 19.1 Å². The Morgan fingerprint density at radius 2 is 1.71 bits per heavy atom. The second-order valence-electron chi connectivity index (χ2n) is 6.85. The quantitative estimate of drug-likeness (QED) is 0.515. The number of hydrogen-bond acceptors (Lipinski definition) is 4. The van der Waals surface area contributed by atoms with Gasteiger partial charge in [-0.05, 0) is 43.4 Å². The molecule has 0 radical (unpaired) electrons. The molecule has 2 amide bonds. The number of esters is 1. The molecule has 0 saturated carbocycles. The van der Waals surface area contributed by atoms with Crippen LogP contribution in [0.5, 0.6) is 0 Å². The number of carbonyl (C=O) groups excluding carboxylic acids is 3. The number of alkyl halides is 3. The predicted octanol–water partition coefficient (Wildman–Crippen LogP) is 3.92. The minimum absolute atomic E-state index is 0.0894. The molecule has 1 aliphatic heterocycles. The number of benzene rings is 1. The van der Waals surface area contributed by atoms with Crippen molar-refractivity contribution in [3.8, 4) is 0 Å². The van der Waals surface area contributed by atoms with E-state index in [0.29, 0.717) is 24.8 Å². The van der Waals surface area contributed by atoms with Crippen LogP contribution in [0.2, 0.25) is 0 Å². The number of halogens is 3. The zero-order valence-electron chi connectivity index (χ0n) is 15.9. The first-order chi connectivity index (χ1) is 13.1. The Morgan fingerprint density at radius 1 is 1.14 bits per heavy atom. The summed E-state index contributed by atoms with van der Waals surface area (Å²) < 4.78 is 43.4. The number of nitrogens with zero attached hydrogens (tertiary/aromatic N) is 1. The number of imide groups is 1. The van der Waals surface area contributed by atoms with E-state index in [0.717, 1.165) is 17.0 Å². The lowest BCUT2D eigenvalue weighted by molar-refractivity contribution is -0.152. The number of piperidine rings is 1. The summed E-state index contributed by atoms with van der Waals surface area (Å²) in [6.45, 7) is 3.64. The Hall–Kier alpha value is -2.38. The number of amides is 2. The molecule has 0 aliphatic carbocycles. The van der Waals surface area contributed by atoms with Gasteiger partial charge in [-0.25, -0.2) is 0 Å². The van der Waals surface area contributed by atoms with Gasteiger partial charge in [0.2, 0.25) is 11.8 Å². The number of hydrogen-bond donors (Lipinski definition) is 0. The normalized spacial score (nSPS) is 17.4. The van der Waals surface area contributed by atoms with Gasteiger partial charge < -0.3 is 4.74 Å². The van der Waals surface area contributed by atoms with E-state index >= 15 is 0 Å². The van der Waals surface area contributed by atoms with Gasteiger partial charge in [0.15, 0.2) is 0 Å². The number of rotatable bonds is 7. The van der Waals surface area contributed by atoms with Crippen LogP contribution in [-0.4, -0.2) is 35.8 Å². The summed E-state index contributed by atoms with van der Waals surface area (Å²) in [5, 5.41) is 0. The third kappa shape index (κ3) is 5.33. The molecule has 1 aromatic carbocycles. The van der Waals surface area contributed by atoms with Crippen molar-refractivity contribution in [2.45, 2.75) is 51.6 Å². The zero-order chi connectivity index (χ0) is 20.9. The molecule has 1 heterocycles. The number of likely N-dealkylation sites (tertiary alicyclic amines) is 1. The Morgan fingerprint density at radius 3 is 2.21 bits per heavy atom. The van der Waals surface area contributed by atoms with Crippen LogP contribution in [0.25, 0.3) is 0 Å². The van der Waals surface area contributed by atoms with Crippen LogP contribution in [0, 0.1) is 5.92 Å². The first-order valence-corrected chi connectivity index (χ1v) is 9.32. The predicted molar refractivity (Wildman–Crippen MR) is 95.2 cm³/mol. The molecule has 28 heavy (non-hydrogen) atoms. The van der Waals surface area contributed by atoms with E-state index in [1.165, 1.54) is 12.1 Å². The van der Waals surface area contributed by atoms with Crippen molar-refractivity contribution in [3.63, 3.8) is 0 Å². The molecule has 1 fully saturated rings. The largest absolute Gasteiger partial charge is 0.466 e. The molecule has 1 aromatic rings. The van der Waals surface area contributed by atoms with Crippen molar-refractivity contribution < 1.29 is 32.3 Å². The molecule has 2 unspecified atom stereocenters. The maximum Gasteiger partial charge on any atom is 0.416 e. The van der Waals surface area contributed by atoms with E-state index in [-0.39, 0.29) is 31.4 Å². The standard InChI is InChI=1S/C20H24F3NO4/c1-3-28-19(27)16(11-12-24-17(25)5-4-6-18(24)26)13(2)14-7-9-15(10-8-14)20(21,22)23/h7-10,13,16H,3-6,11-12H2,1-2H3. The highest BCUT2D eigenvalue weighted by atomic mass is 19.4. The molecule has 0 spiro atoms. The fourth-order valence-corrected chi connectivity index (χ4v) is 3.35. The smallest absolute Gasteiger partial charge is 0.416 e. The van der Waals surface area contributed by atoms with Gasteiger partial charge in [0, 0.05) is 19.4 Å². The molecule has 0 aromatic heterocycles. The van der Waals surface area contributed by atoms with Gasteiger partial charge in [-0.3, -0.25) is 19.3 Å². The lowest BCUT2D eigenvalue weighted by Gasteiger charge is -2.28. The van der Waals surface area contributed by atoms with Gasteiger partial charge in [0.25, 0.3) is 0 Å². The maximum atomic E-state index is 12.8. The van der Waals surface area contributed by atoms with Crippen molar-refractivity contribution in [2.24, 2.45) is 5.92 Å². The Labute approximate surface area is 161 Å². The molecule has 2 atom stereocenters. The third-order valence-corrected chi connectivity index (χ3v) is 5.00.